The lowest BCUT2D eigenvalue weighted by atomic mass is 10.0. The number of hydrogen-bond acceptors (Lipinski definition) is 10. The molecule has 0 aliphatic carbocycles. The molecule has 44 heavy (non-hydrogen) atoms. The average molecular weight is 604 g/mol. The van der Waals surface area contributed by atoms with E-state index in [2.05, 4.69) is 35.6 Å². The quantitative estimate of drug-likeness (QED) is 0.213. The van der Waals surface area contributed by atoms with Crippen molar-refractivity contribution in [3.63, 3.8) is 0 Å². The molecule has 0 bridgehead atoms. The van der Waals surface area contributed by atoms with Crippen LogP contribution in [0.2, 0.25) is 0 Å². The lowest BCUT2D eigenvalue weighted by Crippen LogP contribution is -2.33. The van der Waals surface area contributed by atoms with Gasteiger partial charge in [-0.1, -0.05) is 11.2 Å². The number of halogens is 1. The van der Waals surface area contributed by atoms with Gasteiger partial charge in [0.2, 0.25) is 11.8 Å². The topological polar surface area (TPSA) is 156 Å². The van der Waals surface area contributed by atoms with Crippen molar-refractivity contribution < 1.29 is 28.3 Å². The van der Waals surface area contributed by atoms with Crippen LogP contribution in [0, 0.1) is 5.82 Å². The number of carboxylic acids is 1. The molecule has 13 heteroatoms. The number of rotatable bonds is 9. The predicted octanol–water partition coefficient (Wildman–Crippen LogP) is 5.78. The molecule has 1 unspecified atom stereocenters. The van der Waals surface area contributed by atoms with E-state index in [-0.39, 0.29) is 23.7 Å². The number of ether oxygens (including phenoxy) is 1. The van der Waals surface area contributed by atoms with E-state index in [1.54, 1.807) is 63.4 Å². The second-order valence-electron chi connectivity index (χ2n) is 11.5. The van der Waals surface area contributed by atoms with E-state index in [0.717, 1.165) is 25.9 Å². The van der Waals surface area contributed by atoms with Gasteiger partial charge in [0, 0.05) is 37.0 Å². The molecule has 0 saturated carbocycles. The maximum atomic E-state index is 15.2. The molecule has 1 fully saturated rings. The van der Waals surface area contributed by atoms with Gasteiger partial charge in [-0.15, -0.1) is 0 Å². The van der Waals surface area contributed by atoms with Crippen molar-refractivity contribution >= 4 is 29.5 Å². The summed E-state index contributed by atoms with van der Waals surface area (Å²) in [4.78, 5) is 39.3. The van der Waals surface area contributed by atoms with E-state index in [1.807, 2.05) is 0 Å². The molecule has 1 amide bonds. The first-order valence-electron chi connectivity index (χ1n) is 14.3. The second-order valence-corrected chi connectivity index (χ2v) is 11.5. The zero-order chi connectivity index (χ0) is 31.3. The van der Waals surface area contributed by atoms with E-state index >= 15 is 4.39 Å². The summed E-state index contributed by atoms with van der Waals surface area (Å²) in [6.45, 7) is 7.04. The lowest BCUT2D eigenvalue weighted by molar-refractivity contribution is -0.137. The molecule has 1 aliphatic rings. The minimum Gasteiger partial charge on any atom is -0.480 e. The molecule has 3 N–H and O–H groups in total. The van der Waals surface area contributed by atoms with Crippen molar-refractivity contribution in [1.29, 1.82) is 0 Å². The van der Waals surface area contributed by atoms with Crippen LogP contribution in [0.25, 0.3) is 22.8 Å². The summed E-state index contributed by atoms with van der Waals surface area (Å²) in [5.41, 5.74) is 1.03. The Balaban J connectivity index is 1.24. The van der Waals surface area contributed by atoms with Gasteiger partial charge in [-0.3, -0.25) is 5.32 Å². The Bertz CT molecular complexity index is 1610. The van der Waals surface area contributed by atoms with Crippen LogP contribution in [0.15, 0.2) is 59.3 Å². The molecule has 5 rings (SSSR count). The van der Waals surface area contributed by atoms with Gasteiger partial charge < -0.3 is 24.6 Å². The van der Waals surface area contributed by atoms with Crippen LogP contribution in [0.5, 0.6) is 0 Å². The SMILES string of the molecule is CC(C)(C)OC(=O)Nc1ccc(-c2nc(-c3ccc(CC(Nc4ccnc(N5CCCCC5)n4)C(=O)O)cc3F)no2)cc1. The largest absolute Gasteiger partial charge is 0.480 e. The molecule has 1 saturated heterocycles. The highest BCUT2D eigenvalue weighted by Crippen LogP contribution is 2.27. The number of hydrogen-bond donors (Lipinski definition) is 3. The van der Waals surface area contributed by atoms with Crippen LogP contribution < -0.4 is 15.5 Å². The Labute approximate surface area is 253 Å². The summed E-state index contributed by atoms with van der Waals surface area (Å²) in [6.07, 6.45) is 4.33. The number of carboxylic acid groups (broad SMARTS) is 1. The third-order valence-electron chi connectivity index (χ3n) is 6.82. The first kappa shape index (κ1) is 30.4. The number of carbonyl (C=O) groups excluding carboxylic acids is 1. The van der Waals surface area contributed by atoms with E-state index in [1.165, 1.54) is 18.6 Å². The molecule has 12 nitrogen and oxygen atoms in total. The van der Waals surface area contributed by atoms with Gasteiger partial charge in [0.1, 0.15) is 23.3 Å². The van der Waals surface area contributed by atoms with Crippen molar-refractivity contribution in [1.82, 2.24) is 20.1 Å². The van der Waals surface area contributed by atoms with E-state index in [4.69, 9.17) is 9.26 Å². The number of nitrogens with zero attached hydrogens (tertiary/aromatic N) is 5. The number of benzene rings is 2. The van der Waals surface area contributed by atoms with E-state index in [9.17, 15) is 14.7 Å². The van der Waals surface area contributed by atoms with Crippen LogP contribution in [-0.2, 0) is 16.0 Å². The normalized spacial score (nSPS) is 14.1. The fraction of sp³-hybridized carbons (Fsp3) is 0.355. The van der Waals surface area contributed by atoms with Crippen LogP contribution in [0.4, 0.5) is 26.6 Å². The van der Waals surface area contributed by atoms with Crippen LogP contribution >= 0.6 is 0 Å². The summed E-state index contributed by atoms with van der Waals surface area (Å²) in [5, 5.41) is 19.4. The monoisotopic (exact) mass is 603 g/mol. The summed E-state index contributed by atoms with van der Waals surface area (Å²) < 4.78 is 25.8. The van der Waals surface area contributed by atoms with E-state index < -0.39 is 29.5 Å². The molecule has 2 aromatic heterocycles. The number of aromatic nitrogens is 4. The Morgan fingerprint density at radius 2 is 1.82 bits per heavy atom. The van der Waals surface area contributed by atoms with Gasteiger partial charge in [0.05, 0.1) is 5.56 Å². The maximum Gasteiger partial charge on any atom is 0.412 e. The molecule has 1 atom stereocenters. The van der Waals surface area contributed by atoms with Crippen LogP contribution in [0.1, 0.15) is 45.6 Å². The minimum absolute atomic E-state index is 0.0107. The molecule has 1 aliphatic heterocycles. The summed E-state index contributed by atoms with van der Waals surface area (Å²) >= 11 is 0. The van der Waals surface area contributed by atoms with Gasteiger partial charge in [-0.05, 0) is 88.1 Å². The third kappa shape index (κ3) is 7.85. The highest BCUT2D eigenvalue weighted by molar-refractivity contribution is 5.85. The summed E-state index contributed by atoms with van der Waals surface area (Å²) in [6, 6.07) is 11.6. The molecule has 4 aromatic rings. The third-order valence-corrected chi connectivity index (χ3v) is 6.82. The summed E-state index contributed by atoms with van der Waals surface area (Å²) in [7, 11) is 0. The first-order valence-corrected chi connectivity index (χ1v) is 14.3. The van der Waals surface area contributed by atoms with Gasteiger partial charge in [0.15, 0.2) is 0 Å². The fourth-order valence-corrected chi connectivity index (χ4v) is 4.72. The average Bonchev–Trinajstić information content (AvgIpc) is 3.47. The fourth-order valence-electron chi connectivity index (χ4n) is 4.72. The molecule has 3 heterocycles. The van der Waals surface area contributed by atoms with Crippen molar-refractivity contribution in [2.45, 2.75) is 58.1 Å². The van der Waals surface area contributed by atoms with Crippen molar-refractivity contribution in [2.24, 2.45) is 0 Å². The smallest absolute Gasteiger partial charge is 0.412 e. The molecular formula is C31H34FN7O5. The standard InChI is InChI=1S/C31H34FN7O5/c1-31(2,3)43-30(42)34-21-10-8-20(9-11-21)27-37-26(38-44-27)22-12-7-19(17-23(22)32)18-24(28(40)41)35-25-13-14-33-29(36-25)39-15-5-4-6-16-39/h7-14,17,24H,4-6,15-16,18H2,1-3H3,(H,34,42)(H,40,41)(H,33,35,36). The zero-order valence-corrected chi connectivity index (χ0v) is 24.7. The second kappa shape index (κ2) is 13.1. The first-order chi connectivity index (χ1) is 21.0. The molecular weight excluding hydrogens is 569 g/mol. The van der Waals surface area contributed by atoms with Crippen LogP contribution in [0.3, 0.4) is 0 Å². The number of piperidine rings is 1. The molecule has 0 spiro atoms. The predicted molar refractivity (Wildman–Crippen MR) is 162 cm³/mol. The Kier molecular flexibility index (Phi) is 9.02. The van der Waals surface area contributed by atoms with Crippen molar-refractivity contribution in [3.8, 4) is 22.8 Å². The molecule has 2 aromatic carbocycles. The Morgan fingerprint density at radius 3 is 2.50 bits per heavy atom. The lowest BCUT2D eigenvalue weighted by Gasteiger charge is -2.27. The highest BCUT2D eigenvalue weighted by atomic mass is 19.1. The highest BCUT2D eigenvalue weighted by Gasteiger charge is 2.22. The van der Waals surface area contributed by atoms with E-state index in [0.29, 0.717) is 28.6 Å². The van der Waals surface area contributed by atoms with Gasteiger partial charge in [-0.2, -0.15) is 9.97 Å². The number of amides is 1. The van der Waals surface area contributed by atoms with Gasteiger partial charge in [0.25, 0.3) is 5.89 Å². The number of aliphatic carboxylic acids is 1. The Hall–Kier alpha value is -5.07. The number of carbonyl (C=O) groups is 2. The zero-order valence-electron chi connectivity index (χ0n) is 24.7. The summed E-state index contributed by atoms with van der Waals surface area (Å²) in [5.74, 6) is -0.566. The maximum absolute atomic E-state index is 15.2. The van der Waals surface area contributed by atoms with Gasteiger partial charge >= 0.3 is 12.1 Å². The molecule has 0 radical (unpaired) electrons. The van der Waals surface area contributed by atoms with Crippen molar-refractivity contribution in [2.75, 3.05) is 28.6 Å². The van der Waals surface area contributed by atoms with Gasteiger partial charge in [-0.25, -0.2) is 19.0 Å². The van der Waals surface area contributed by atoms with Crippen molar-refractivity contribution in [3.05, 3.63) is 66.1 Å². The minimum atomic E-state index is -1.09. The number of anilines is 3. The van der Waals surface area contributed by atoms with Crippen LogP contribution in [-0.4, -0.2) is 62.0 Å². The molecule has 230 valence electrons. The Morgan fingerprint density at radius 1 is 1.07 bits per heavy atom. The number of nitrogens with one attached hydrogen (secondary N) is 2.